The summed E-state index contributed by atoms with van der Waals surface area (Å²) in [4.78, 5) is 0.342. The molecule has 1 aromatic carbocycles. The third-order valence-corrected chi connectivity index (χ3v) is 7.29. The Labute approximate surface area is 129 Å². The molecule has 0 aromatic heterocycles. The van der Waals surface area contributed by atoms with Gasteiger partial charge in [0.15, 0.2) is 0 Å². The summed E-state index contributed by atoms with van der Waals surface area (Å²) in [6, 6.07) is 5.36. The van der Waals surface area contributed by atoms with Crippen LogP contribution in [0.25, 0.3) is 0 Å². The van der Waals surface area contributed by atoms with Crippen LogP contribution in [0.2, 0.25) is 0 Å². The third-order valence-electron chi connectivity index (χ3n) is 3.87. The van der Waals surface area contributed by atoms with Crippen molar-refractivity contribution in [3.63, 3.8) is 0 Å². The maximum Gasteiger partial charge on any atom is 0.244 e. The van der Waals surface area contributed by atoms with E-state index in [4.69, 9.17) is 0 Å². The Morgan fingerprint density at radius 3 is 2.84 bits per heavy atom. The van der Waals surface area contributed by atoms with Gasteiger partial charge in [-0.05, 0) is 53.0 Å². The summed E-state index contributed by atoms with van der Waals surface area (Å²) in [6.07, 6.45) is 0.947. The number of hydrogen-bond acceptors (Lipinski definition) is 3. The highest BCUT2D eigenvalue weighted by Crippen LogP contribution is 2.35. The minimum absolute atomic E-state index is 0.107. The molecule has 0 radical (unpaired) electrons. The lowest BCUT2D eigenvalue weighted by Gasteiger charge is -2.23. The molecule has 2 heterocycles. The number of halogens is 2. The SMILES string of the molecule is O=S(=O)(c1cc(Br)ccc1Br)N1CC[C@H]2CNC[C@H]21. The maximum absolute atomic E-state index is 12.8. The zero-order valence-electron chi connectivity index (χ0n) is 10.1. The Kier molecular flexibility index (Phi) is 3.77. The van der Waals surface area contributed by atoms with Crippen LogP contribution >= 0.6 is 31.9 Å². The summed E-state index contributed by atoms with van der Waals surface area (Å²) in [5, 5.41) is 3.28. The van der Waals surface area contributed by atoms with Gasteiger partial charge in [0.2, 0.25) is 10.0 Å². The van der Waals surface area contributed by atoms with Crippen LogP contribution in [0.4, 0.5) is 0 Å². The lowest BCUT2D eigenvalue weighted by atomic mass is 10.1. The van der Waals surface area contributed by atoms with Gasteiger partial charge in [-0.2, -0.15) is 4.31 Å². The smallest absolute Gasteiger partial charge is 0.244 e. The topological polar surface area (TPSA) is 49.4 Å². The van der Waals surface area contributed by atoms with Gasteiger partial charge in [-0.25, -0.2) is 8.42 Å². The predicted molar refractivity (Wildman–Crippen MR) is 80.5 cm³/mol. The van der Waals surface area contributed by atoms with Crippen LogP contribution in [0.5, 0.6) is 0 Å². The Morgan fingerprint density at radius 2 is 2.05 bits per heavy atom. The average Bonchev–Trinajstić information content (AvgIpc) is 2.93. The molecule has 0 unspecified atom stereocenters. The van der Waals surface area contributed by atoms with Crippen molar-refractivity contribution in [1.82, 2.24) is 9.62 Å². The third kappa shape index (κ3) is 2.40. The Bertz CT molecular complexity index is 606. The minimum Gasteiger partial charge on any atom is -0.315 e. The second-order valence-corrected chi connectivity index (χ2v) is 8.59. The number of nitrogens with one attached hydrogen (secondary N) is 1. The van der Waals surface area contributed by atoms with Crippen LogP contribution in [0, 0.1) is 5.92 Å². The summed E-state index contributed by atoms with van der Waals surface area (Å²) < 4.78 is 28.6. The fourth-order valence-corrected chi connectivity index (χ4v) is 6.07. The molecule has 7 heteroatoms. The molecular formula is C12H14Br2N2O2S. The zero-order chi connectivity index (χ0) is 13.6. The van der Waals surface area contributed by atoms with Crippen molar-refractivity contribution < 1.29 is 8.42 Å². The monoisotopic (exact) mass is 408 g/mol. The van der Waals surface area contributed by atoms with Gasteiger partial charge in [0.1, 0.15) is 0 Å². The molecule has 2 atom stereocenters. The molecule has 2 aliphatic heterocycles. The molecule has 0 aliphatic carbocycles. The molecule has 19 heavy (non-hydrogen) atoms. The number of nitrogens with zero attached hydrogens (tertiary/aromatic N) is 1. The number of benzene rings is 1. The number of fused-ring (bicyclic) bond motifs is 1. The van der Waals surface area contributed by atoms with Crippen molar-refractivity contribution in [2.45, 2.75) is 17.4 Å². The van der Waals surface area contributed by atoms with E-state index >= 15 is 0 Å². The molecule has 0 spiro atoms. The molecule has 2 fully saturated rings. The van der Waals surface area contributed by atoms with E-state index in [1.807, 2.05) is 6.07 Å². The quantitative estimate of drug-likeness (QED) is 0.814. The second-order valence-electron chi connectivity index (χ2n) is 4.96. The van der Waals surface area contributed by atoms with Gasteiger partial charge in [-0.3, -0.25) is 0 Å². The van der Waals surface area contributed by atoms with Gasteiger partial charge in [0, 0.05) is 28.1 Å². The van der Waals surface area contributed by atoms with Crippen molar-refractivity contribution in [3.05, 3.63) is 27.1 Å². The summed E-state index contributed by atoms with van der Waals surface area (Å²) in [7, 11) is -3.43. The molecule has 2 aliphatic rings. The molecular weight excluding hydrogens is 396 g/mol. The van der Waals surface area contributed by atoms with E-state index in [-0.39, 0.29) is 6.04 Å². The van der Waals surface area contributed by atoms with E-state index in [0.29, 0.717) is 21.8 Å². The lowest BCUT2D eigenvalue weighted by molar-refractivity contribution is 0.382. The van der Waals surface area contributed by atoms with Crippen molar-refractivity contribution in [2.24, 2.45) is 5.92 Å². The highest BCUT2D eigenvalue weighted by Gasteiger charge is 2.44. The van der Waals surface area contributed by atoms with Gasteiger partial charge in [-0.1, -0.05) is 15.9 Å². The van der Waals surface area contributed by atoms with Gasteiger partial charge in [0.25, 0.3) is 0 Å². The van der Waals surface area contributed by atoms with Crippen molar-refractivity contribution in [3.8, 4) is 0 Å². The van der Waals surface area contributed by atoms with Crippen LogP contribution in [0.3, 0.4) is 0 Å². The maximum atomic E-state index is 12.8. The molecule has 4 nitrogen and oxygen atoms in total. The fourth-order valence-electron chi connectivity index (χ4n) is 2.91. The van der Waals surface area contributed by atoms with Gasteiger partial charge < -0.3 is 5.32 Å². The Balaban J connectivity index is 2.01. The normalized spacial score (nSPS) is 27.7. The summed E-state index contributed by atoms with van der Waals surface area (Å²) in [5.74, 6) is 0.459. The van der Waals surface area contributed by atoms with Crippen LogP contribution in [-0.2, 0) is 10.0 Å². The second kappa shape index (κ2) is 5.11. The Hall–Kier alpha value is 0.0500. The van der Waals surface area contributed by atoms with Gasteiger partial charge in [0.05, 0.1) is 4.90 Å². The number of rotatable bonds is 2. The highest BCUT2D eigenvalue weighted by atomic mass is 79.9. The van der Waals surface area contributed by atoms with Gasteiger partial charge in [-0.15, -0.1) is 0 Å². The number of hydrogen-bond donors (Lipinski definition) is 1. The summed E-state index contributed by atoms with van der Waals surface area (Å²) in [6.45, 7) is 2.31. The van der Waals surface area contributed by atoms with E-state index in [1.54, 1.807) is 16.4 Å². The predicted octanol–water partition coefficient (Wildman–Crippen LogP) is 2.19. The fraction of sp³-hybridized carbons (Fsp3) is 0.500. The van der Waals surface area contributed by atoms with Crippen LogP contribution in [-0.4, -0.2) is 38.4 Å². The van der Waals surface area contributed by atoms with E-state index in [2.05, 4.69) is 37.2 Å². The molecule has 104 valence electrons. The first-order valence-electron chi connectivity index (χ1n) is 6.18. The standard InChI is InChI=1S/C12H14Br2N2O2S/c13-9-1-2-10(14)12(5-9)19(17,18)16-4-3-8-6-15-7-11(8)16/h1-2,5,8,11,15H,3-4,6-7H2/t8-,11+/m0/s1. The first-order chi connectivity index (χ1) is 9.00. The molecule has 1 aromatic rings. The minimum atomic E-state index is -3.43. The van der Waals surface area contributed by atoms with Gasteiger partial charge >= 0.3 is 0 Å². The van der Waals surface area contributed by atoms with E-state index in [9.17, 15) is 8.42 Å². The number of sulfonamides is 1. The first kappa shape index (κ1) is 14.0. The van der Waals surface area contributed by atoms with Crippen LogP contribution in [0.1, 0.15) is 6.42 Å². The van der Waals surface area contributed by atoms with Crippen molar-refractivity contribution in [1.29, 1.82) is 0 Å². The molecule has 0 bridgehead atoms. The van der Waals surface area contributed by atoms with E-state index in [1.165, 1.54) is 0 Å². The average molecular weight is 410 g/mol. The van der Waals surface area contributed by atoms with Crippen LogP contribution in [0.15, 0.2) is 32.0 Å². The van der Waals surface area contributed by atoms with Crippen molar-refractivity contribution in [2.75, 3.05) is 19.6 Å². The lowest BCUT2D eigenvalue weighted by Crippen LogP contribution is -2.39. The van der Waals surface area contributed by atoms with E-state index < -0.39 is 10.0 Å². The first-order valence-corrected chi connectivity index (χ1v) is 9.20. The molecule has 0 amide bonds. The molecule has 1 N–H and O–H groups in total. The Morgan fingerprint density at radius 1 is 1.26 bits per heavy atom. The zero-order valence-corrected chi connectivity index (χ0v) is 14.1. The largest absolute Gasteiger partial charge is 0.315 e. The summed E-state index contributed by atoms with van der Waals surface area (Å²) >= 11 is 6.68. The summed E-state index contributed by atoms with van der Waals surface area (Å²) in [5.41, 5.74) is 0. The van der Waals surface area contributed by atoms with Crippen LogP contribution < -0.4 is 5.32 Å². The molecule has 0 saturated carbocycles. The van der Waals surface area contributed by atoms with E-state index in [0.717, 1.165) is 24.0 Å². The van der Waals surface area contributed by atoms with Crippen molar-refractivity contribution >= 4 is 41.9 Å². The molecule has 3 rings (SSSR count). The molecule has 2 saturated heterocycles. The highest BCUT2D eigenvalue weighted by molar-refractivity contribution is 9.11.